The van der Waals surface area contributed by atoms with E-state index in [0.717, 1.165) is 31.0 Å². The monoisotopic (exact) mass is 680 g/mol. The SMILES string of the molecule is COc1c(O)ccc2c(=O)c(O)c(-c3ccc(CCCCP(Br)(c4ccccc4)(c4ccccc4)c4ccccc4)cc3)oc12. The third kappa shape index (κ3) is 5.43. The maximum atomic E-state index is 12.9. The number of phenolic OH excluding ortho intramolecular Hbond substituents is 1. The number of methoxy groups -OCH3 is 1. The first kappa shape index (κ1) is 30.6. The fraction of sp³-hybridized carbons (Fsp3) is 0.132. The first-order chi connectivity index (χ1) is 21.8. The van der Waals surface area contributed by atoms with E-state index in [1.54, 1.807) is 0 Å². The Morgan fingerprint density at radius 2 is 1.24 bits per heavy atom. The van der Waals surface area contributed by atoms with Crippen LogP contribution in [0, 0.1) is 0 Å². The molecule has 0 bridgehead atoms. The Balaban J connectivity index is 1.27. The molecule has 0 unspecified atom stereocenters. The minimum absolute atomic E-state index is 0.0354. The zero-order chi connectivity index (χ0) is 31.5. The van der Waals surface area contributed by atoms with E-state index >= 15 is 0 Å². The predicted molar refractivity (Wildman–Crippen MR) is 190 cm³/mol. The first-order valence-corrected chi connectivity index (χ1v) is 19.3. The van der Waals surface area contributed by atoms with Gasteiger partial charge < -0.3 is 9.84 Å². The zero-order valence-corrected chi connectivity index (χ0v) is 27.4. The van der Waals surface area contributed by atoms with Crippen molar-refractivity contribution < 1.29 is 19.4 Å². The number of hydrogen-bond acceptors (Lipinski definition) is 5. The molecule has 1 aromatic heterocycles. The molecule has 5 nitrogen and oxygen atoms in total. The summed E-state index contributed by atoms with van der Waals surface area (Å²) >= 11 is 4.53. The van der Waals surface area contributed by atoms with Crippen LogP contribution in [0.3, 0.4) is 0 Å². The predicted octanol–water partition coefficient (Wildman–Crippen LogP) is 8.04. The normalized spacial score (nSPS) is 12.4. The van der Waals surface area contributed by atoms with Crippen molar-refractivity contribution in [2.75, 3.05) is 13.3 Å². The molecule has 7 heteroatoms. The molecule has 2 N–H and O–H groups in total. The molecule has 0 aliphatic rings. The molecule has 0 fully saturated rings. The molecule has 45 heavy (non-hydrogen) atoms. The molecule has 0 atom stereocenters. The van der Waals surface area contributed by atoms with Crippen molar-refractivity contribution in [3.8, 4) is 28.6 Å². The standard InChI is InChI=1S/C38H34BrO5P/c1-43-38-33(40)25-24-32-34(41)35(42)36(44-37(32)38)28-22-20-27(21-23-28)13-11-12-26-45(39,29-14-5-2-6-15-29,30-16-7-3-8-17-30)31-18-9-4-10-19-31/h2-10,14-25,40,42H,11-13,26H2,1H3. The van der Waals surface area contributed by atoms with Gasteiger partial charge in [-0.05, 0) is 12.1 Å². The molecule has 0 aliphatic heterocycles. The Morgan fingerprint density at radius 1 is 0.711 bits per heavy atom. The molecule has 1 heterocycles. The zero-order valence-electron chi connectivity index (χ0n) is 24.9. The molecule has 0 amide bonds. The molecule has 6 aromatic rings. The number of aryl methyl sites for hydroxylation is 1. The molecule has 0 saturated carbocycles. The number of benzene rings is 5. The fourth-order valence-corrected chi connectivity index (χ4v) is 14.0. The van der Waals surface area contributed by atoms with Gasteiger partial charge in [-0.25, -0.2) is 0 Å². The summed E-state index contributed by atoms with van der Waals surface area (Å²) in [7, 11) is 1.39. The van der Waals surface area contributed by atoms with Crippen LogP contribution in [0.25, 0.3) is 22.3 Å². The summed E-state index contributed by atoms with van der Waals surface area (Å²) in [4.78, 5) is 12.9. The van der Waals surface area contributed by atoms with E-state index in [2.05, 4.69) is 106 Å². The van der Waals surface area contributed by atoms with Crippen molar-refractivity contribution >= 4 is 47.7 Å². The second kappa shape index (κ2) is 12.5. The average Bonchev–Trinajstić information content (AvgIpc) is 3.09. The van der Waals surface area contributed by atoms with Gasteiger partial charge in [0.1, 0.15) is 0 Å². The summed E-state index contributed by atoms with van der Waals surface area (Å²) in [6.07, 6.45) is 3.80. The summed E-state index contributed by atoms with van der Waals surface area (Å²) in [5.41, 5.74) is 1.21. The first-order valence-electron chi connectivity index (χ1n) is 14.9. The van der Waals surface area contributed by atoms with Crippen LogP contribution < -0.4 is 26.1 Å². The summed E-state index contributed by atoms with van der Waals surface area (Å²) in [6.45, 7) is 0. The number of unbranched alkanes of at least 4 members (excludes halogenated alkanes) is 1. The van der Waals surface area contributed by atoms with Crippen LogP contribution in [0.15, 0.2) is 137 Å². The van der Waals surface area contributed by atoms with Gasteiger partial charge in [0, 0.05) is 0 Å². The number of phenols is 1. The molecule has 5 aromatic carbocycles. The summed E-state index contributed by atoms with van der Waals surface area (Å²) in [5, 5.41) is 22.0. The van der Waals surface area contributed by atoms with E-state index < -0.39 is 16.5 Å². The van der Waals surface area contributed by atoms with Gasteiger partial charge in [-0.1, -0.05) is 0 Å². The van der Waals surface area contributed by atoms with Crippen LogP contribution in [0.2, 0.25) is 0 Å². The van der Waals surface area contributed by atoms with Gasteiger partial charge in [0.2, 0.25) is 0 Å². The quantitative estimate of drug-likeness (QED) is 0.113. The van der Waals surface area contributed by atoms with Gasteiger partial charge in [-0.2, -0.15) is 0 Å². The number of ether oxygens (including phenoxy) is 1. The summed E-state index contributed by atoms with van der Waals surface area (Å²) in [6, 6.07) is 42.9. The molecular formula is C38H34BrO5P. The fourth-order valence-electron chi connectivity index (χ4n) is 6.22. The maximum absolute atomic E-state index is 12.9. The second-order valence-electron chi connectivity index (χ2n) is 11.2. The van der Waals surface area contributed by atoms with Gasteiger partial charge in [0.05, 0.1) is 7.11 Å². The van der Waals surface area contributed by atoms with Gasteiger partial charge in [-0.3, -0.25) is 0 Å². The molecule has 0 spiro atoms. The van der Waals surface area contributed by atoms with Gasteiger partial charge in [0.25, 0.3) is 0 Å². The Kier molecular flexibility index (Phi) is 8.54. The third-order valence-electron chi connectivity index (χ3n) is 8.57. The minimum atomic E-state index is -2.96. The average molecular weight is 682 g/mol. The van der Waals surface area contributed by atoms with Crippen LogP contribution in [0.5, 0.6) is 17.2 Å². The molecule has 0 radical (unpaired) electrons. The van der Waals surface area contributed by atoms with E-state index in [4.69, 9.17) is 9.15 Å². The van der Waals surface area contributed by atoms with Crippen molar-refractivity contribution in [2.45, 2.75) is 19.3 Å². The number of rotatable bonds is 10. The van der Waals surface area contributed by atoms with Crippen molar-refractivity contribution in [3.63, 3.8) is 0 Å². The molecule has 0 saturated heterocycles. The number of fused-ring (bicyclic) bond motifs is 1. The number of hydrogen-bond donors (Lipinski definition) is 2. The Labute approximate surface area is 270 Å². The Morgan fingerprint density at radius 3 is 1.76 bits per heavy atom. The second-order valence-corrected chi connectivity index (χ2v) is 20.2. The van der Waals surface area contributed by atoms with Crippen molar-refractivity contribution in [3.05, 3.63) is 143 Å². The molecule has 228 valence electrons. The molecule has 0 aliphatic carbocycles. The van der Waals surface area contributed by atoms with E-state index in [-0.39, 0.29) is 28.2 Å². The van der Waals surface area contributed by atoms with Crippen LogP contribution in [-0.4, -0.2) is 23.5 Å². The van der Waals surface area contributed by atoms with Crippen molar-refractivity contribution in [1.29, 1.82) is 0 Å². The summed E-state index contributed by atoms with van der Waals surface area (Å²) in [5.74, 6) is -0.542. The summed E-state index contributed by atoms with van der Waals surface area (Å²) < 4.78 is 11.2. The Hall–Kier alpha value is -4.38. The molecule has 6 rings (SSSR count). The number of aromatic hydroxyl groups is 2. The van der Waals surface area contributed by atoms with E-state index in [0.29, 0.717) is 5.56 Å². The molecular weight excluding hydrogens is 647 g/mol. The van der Waals surface area contributed by atoms with Crippen molar-refractivity contribution in [1.82, 2.24) is 0 Å². The van der Waals surface area contributed by atoms with Gasteiger partial charge >= 0.3 is 236 Å². The topological polar surface area (TPSA) is 79.9 Å². The van der Waals surface area contributed by atoms with Crippen LogP contribution in [0.1, 0.15) is 18.4 Å². The third-order valence-corrected chi connectivity index (χ3v) is 18.6. The van der Waals surface area contributed by atoms with Crippen LogP contribution in [-0.2, 0) is 6.42 Å². The van der Waals surface area contributed by atoms with E-state index in [1.165, 1.54) is 35.2 Å². The number of halogens is 1. The van der Waals surface area contributed by atoms with Crippen LogP contribution in [0.4, 0.5) is 0 Å². The van der Waals surface area contributed by atoms with Gasteiger partial charge in [-0.15, -0.1) is 0 Å². The van der Waals surface area contributed by atoms with Gasteiger partial charge in [0.15, 0.2) is 5.75 Å². The Bertz CT molecular complexity index is 1890. The van der Waals surface area contributed by atoms with Crippen LogP contribution >= 0.6 is 20.8 Å². The van der Waals surface area contributed by atoms with E-state index in [1.807, 2.05) is 24.3 Å². The van der Waals surface area contributed by atoms with E-state index in [9.17, 15) is 15.0 Å². The van der Waals surface area contributed by atoms with Crippen molar-refractivity contribution in [2.24, 2.45) is 0 Å².